The van der Waals surface area contributed by atoms with Gasteiger partial charge in [-0.15, -0.1) is 0 Å². The van der Waals surface area contributed by atoms with Crippen LogP contribution < -0.4 is 10.2 Å². The number of carbonyl (C=O) groups excluding carboxylic acids is 1. The van der Waals surface area contributed by atoms with Gasteiger partial charge in [-0.1, -0.05) is 262 Å². The van der Waals surface area contributed by atoms with E-state index in [0.29, 0.717) is 23.9 Å². The SMILES string of the molecule is CC/C=C\C/C=C\C/C=C\C/C=C\C/C=C\C/C=C\C/C=C\C/C=C\C/C=C\CCCCCC(=O)NC(COP(=O)([O-])OCC[N+](C)(C)C)C(O)/C=C/CC/C=C/CC/C=C/CCCCCCCCCCCCCCCCCC. The van der Waals surface area contributed by atoms with Crippen molar-refractivity contribution in [3.63, 3.8) is 0 Å². The molecular formula is C70H119N2O6P. The molecule has 0 saturated heterocycles. The van der Waals surface area contributed by atoms with Gasteiger partial charge in [0.05, 0.1) is 39.9 Å². The molecule has 0 saturated carbocycles. The number of quaternary nitrogens is 1. The summed E-state index contributed by atoms with van der Waals surface area (Å²) in [6, 6.07) is -0.941. The minimum Gasteiger partial charge on any atom is -0.756 e. The topological polar surface area (TPSA) is 108 Å². The lowest BCUT2D eigenvalue weighted by atomic mass is 10.0. The van der Waals surface area contributed by atoms with Gasteiger partial charge in [0.1, 0.15) is 13.2 Å². The van der Waals surface area contributed by atoms with E-state index in [-0.39, 0.29) is 18.9 Å². The summed E-state index contributed by atoms with van der Waals surface area (Å²) in [5.41, 5.74) is 0. The number of amides is 1. The van der Waals surface area contributed by atoms with Crippen LogP contribution >= 0.6 is 7.82 Å². The third-order valence-electron chi connectivity index (χ3n) is 13.3. The predicted octanol–water partition coefficient (Wildman–Crippen LogP) is 19.4. The number of allylic oxidation sites excluding steroid dienone is 23. The van der Waals surface area contributed by atoms with Crippen LogP contribution in [0.15, 0.2) is 146 Å². The van der Waals surface area contributed by atoms with Crippen molar-refractivity contribution in [2.24, 2.45) is 0 Å². The van der Waals surface area contributed by atoms with Crippen molar-refractivity contribution in [3.05, 3.63) is 146 Å². The van der Waals surface area contributed by atoms with Crippen molar-refractivity contribution < 1.29 is 32.9 Å². The highest BCUT2D eigenvalue weighted by molar-refractivity contribution is 7.45. The van der Waals surface area contributed by atoms with E-state index in [4.69, 9.17) is 9.05 Å². The summed E-state index contributed by atoms with van der Waals surface area (Å²) in [5, 5.41) is 13.9. The van der Waals surface area contributed by atoms with E-state index in [9.17, 15) is 19.4 Å². The maximum atomic E-state index is 13.0. The fraction of sp³-hybridized carbons (Fsp3) is 0.643. The lowest BCUT2D eigenvalue weighted by Crippen LogP contribution is -2.45. The van der Waals surface area contributed by atoms with Gasteiger partial charge in [-0.25, -0.2) is 0 Å². The summed E-state index contributed by atoms with van der Waals surface area (Å²) >= 11 is 0. The molecule has 0 heterocycles. The summed E-state index contributed by atoms with van der Waals surface area (Å²) in [6.45, 7) is 4.48. The fourth-order valence-corrected chi connectivity index (χ4v) is 9.08. The summed E-state index contributed by atoms with van der Waals surface area (Å²) in [7, 11) is 1.19. The monoisotopic (exact) mass is 1110 g/mol. The first-order chi connectivity index (χ1) is 38.5. The number of nitrogens with one attached hydrogen (secondary N) is 1. The average molecular weight is 1120 g/mol. The molecule has 9 heteroatoms. The Labute approximate surface area is 487 Å². The number of phosphoric ester groups is 1. The maximum absolute atomic E-state index is 13.0. The molecule has 0 aliphatic heterocycles. The van der Waals surface area contributed by atoms with Crippen LogP contribution in [0.4, 0.5) is 0 Å². The number of nitrogens with zero attached hydrogens (tertiary/aromatic N) is 1. The van der Waals surface area contributed by atoms with Crippen molar-refractivity contribution >= 4 is 13.7 Å². The van der Waals surface area contributed by atoms with Gasteiger partial charge in [-0.2, -0.15) is 0 Å². The molecule has 0 aromatic carbocycles. The molecule has 1 amide bonds. The Bertz CT molecular complexity index is 1790. The number of hydrogen-bond donors (Lipinski definition) is 2. The second kappa shape index (κ2) is 59.0. The lowest BCUT2D eigenvalue weighted by Gasteiger charge is -2.29. The van der Waals surface area contributed by atoms with E-state index < -0.39 is 26.6 Å². The zero-order chi connectivity index (χ0) is 57.7. The van der Waals surface area contributed by atoms with Gasteiger partial charge in [0, 0.05) is 6.42 Å². The molecule has 0 rings (SSSR count). The fourth-order valence-electron chi connectivity index (χ4n) is 8.35. The first kappa shape index (κ1) is 75.4. The van der Waals surface area contributed by atoms with Crippen LogP contribution in [0.1, 0.15) is 239 Å². The molecule has 3 unspecified atom stereocenters. The van der Waals surface area contributed by atoms with Crippen LogP contribution in [0, 0.1) is 0 Å². The van der Waals surface area contributed by atoms with E-state index in [2.05, 4.69) is 153 Å². The molecule has 0 aromatic rings. The summed E-state index contributed by atoms with van der Waals surface area (Å²) in [6.07, 6.45) is 90.9. The number of aliphatic hydroxyl groups is 1. The van der Waals surface area contributed by atoms with Gasteiger partial charge in [0.25, 0.3) is 7.82 Å². The zero-order valence-corrected chi connectivity index (χ0v) is 52.2. The van der Waals surface area contributed by atoms with Crippen LogP contribution in [0.2, 0.25) is 0 Å². The van der Waals surface area contributed by atoms with E-state index in [1.165, 1.54) is 109 Å². The minimum absolute atomic E-state index is 0.0243. The smallest absolute Gasteiger partial charge is 0.268 e. The van der Waals surface area contributed by atoms with Crippen LogP contribution in [0.5, 0.6) is 0 Å². The van der Waals surface area contributed by atoms with E-state index in [1.807, 2.05) is 27.2 Å². The van der Waals surface area contributed by atoms with Crippen molar-refractivity contribution in [1.29, 1.82) is 0 Å². The van der Waals surface area contributed by atoms with Crippen molar-refractivity contribution in [2.45, 2.75) is 251 Å². The summed E-state index contributed by atoms with van der Waals surface area (Å²) in [4.78, 5) is 25.5. The number of carbonyl (C=O) groups is 1. The van der Waals surface area contributed by atoms with Gasteiger partial charge in [0.15, 0.2) is 0 Å². The number of aliphatic hydroxyl groups excluding tert-OH is 1. The van der Waals surface area contributed by atoms with Crippen LogP contribution in [-0.2, 0) is 18.4 Å². The Morgan fingerprint density at radius 2 is 0.785 bits per heavy atom. The van der Waals surface area contributed by atoms with E-state index in [1.54, 1.807) is 6.08 Å². The number of hydrogen-bond acceptors (Lipinski definition) is 6. The number of unbranched alkanes of at least 4 members (excludes halogenated alkanes) is 21. The minimum atomic E-state index is -4.63. The van der Waals surface area contributed by atoms with Gasteiger partial charge >= 0.3 is 0 Å². The normalized spacial score (nSPS) is 14.8. The second-order valence-corrected chi connectivity index (χ2v) is 23.4. The standard InChI is InChI=1S/C70H119N2O6P/c1-6-8-10-12-14-16-18-20-22-24-26-28-30-32-34-35-36-37-38-40-42-44-46-48-50-52-54-56-58-60-62-64-70(74)71-68(67-78-79(75,76)77-66-65-72(3,4)5)69(73)63-61-59-57-55-53-51-49-47-45-43-41-39-33-31-29-27-25-23-21-19-17-15-13-11-9-7-2/h8,10,14,16,20,22,26,28,32,34,36-37,40,42,45-48,52-55,61,63,68-69,73H,6-7,9,11-13,15,17-19,21,23-25,27,29-31,33,35,38-39,41,43-44,49-51,56-60,62,64-67H2,1-5H3,(H-,71,74,75,76)/b10-8-,16-14-,22-20-,28-26-,34-32-,37-36-,42-40-,47-45+,48-46-,54-52-,55-53+,63-61+. The highest BCUT2D eigenvalue weighted by Gasteiger charge is 2.23. The number of rotatable bonds is 56. The predicted molar refractivity (Wildman–Crippen MR) is 343 cm³/mol. The highest BCUT2D eigenvalue weighted by atomic mass is 31.2. The molecule has 0 aromatic heterocycles. The molecular weight excluding hydrogens is 996 g/mol. The Balaban J connectivity index is 4.36. The quantitative estimate of drug-likeness (QED) is 0.0272. The van der Waals surface area contributed by atoms with Crippen molar-refractivity contribution in [2.75, 3.05) is 40.9 Å². The molecule has 0 aliphatic carbocycles. The largest absolute Gasteiger partial charge is 0.756 e. The zero-order valence-electron chi connectivity index (χ0n) is 51.3. The first-order valence-electron chi connectivity index (χ1n) is 31.7. The van der Waals surface area contributed by atoms with Gasteiger partial charge < -0.3 is 28.8 Å². The maximum Gasteiger partial charge on any atom is 0.268 e. The molecule has 0 spiro atoms. The summed E-state index contributed by atoms with van der Waals surface area (Å²) in [5.74, 6) is -0.248. The first-order valence-corrected chi connectivity index (χ1v) is 33.2. The third-order valence-corrected chi connectivity index (χ3v) is 14.2. The Morgan fingerprint density at radius 3 is 1.18 bits per heavy atom. The Hall–Kier alpha value is -3.62. The molecule has 0 radical (unpaired) electrons. The highest BCUT2D eigenvalue weighted by Crippen LogP contribution is 2.38. The van der Waals surface area contributed by atoms with E-state index >= 15 is 0 Å². The van der Waals surface area contributed by atoms with Crippen molar-refractivity contribution in [1.82, 2.24) is 5.32 Å². The van der Waals surface area contributed by atoms with Crippen LogP contribution in [0.3, 0.4) is 0 Å². The molecule has 79 heavy (non-hydrogen) atoms. The van der Waals surface area contributed by atoms with Gasteiger partial charge in [-0.3, -0.25) is 9.36 Å². The molecule has 450 valence electrons. The number of phosphoric acid groups is 1. The van der Waals surface area contributed by atoms with Gasteiger partial charge in [-0.05, 0) is 116 Å². The average Bonchev–Trinajstić information content (AvgIpc) is 3.42. The van der Waals surface area contributed by atoms with Crippen molar-refractivity contribution in [3.8, 4) is 0 Å². The third kappa shape index (κ3) is 61.8. The lowest BCUT2D eigenvalue weighted by molar-refractivity contribution is -0.870. The van der Waals surface area contributed by atoms with Crippen LogP contribution in [-0.4, -0.2) is 68.5 Å². The molecule has 2 N–H and O–H groups in total. The van der Waals surface area contributed by atoms with Crippen LogP contribution in [0.25, 0.3) is 0 Å². The number of likely N-dealkylation sites (N-methyl/N-ethyl adjacent to an activating group) is 1. The molecule has 0 fully saturated rings. The Morgan fingerprint density at radius 1 is 0.456 bits per heavy atom. The molecule has 0 bridgehead atoms. The molecule has 0 aliphatic rings. The summed E-state index contributed by atoms with van der Waals surface area (Å²) < 4.78 is 23.3. The van der Waals surface area contributed by atoms with Gasteiger partial charge in [0.2, 0.25) is 5.91 Å². The van der Waals surface area contributed by atoms with E-state index in [0.717, 1.165) is 96.3 Å². The second-order valence-electron chi connectivity index (χ2n) is 22.0. The Kier molecular flexibility index (Phi) is 56.3. The molecule has 8 nitrogen and oxygen atoms in total. The molecule has 3 atom stereocenters.